The smallest absolute Gasteiger partial charge is 0.255 e. The average Bonchev–Trinajstić information content (AvgIpc) is 3.79. The Bertz CT molecular complexity index is 1660. The normalized spacial score (nSPS) is 21.4. The summed E-state index contributed by atoms with van der Waals surface area (Å²) in [5, 5.41) is 14.3. The number of aromatic nitrogens is 3. The molecule has 3 aliphatic heterocycles. The molecule has 1 saturated heterocycles. The maximum Gasteiger partial charge on any atom is 0.255 e. The van der Waals surface area contributed by atoms with Crippen LogP contribution in [0, 0.1) is 11.8 Å². The predicted octanol–water partition coefficient (Wildman–Crippen LogP) is 3.62. The van der Waals surface area contributed by atoms with Gasteiger partial charge in [-0.15, -0.1) is 5.10 Å². The zero-order valence-electron chi connectivity index (χ0n) is 30.3. The molecule has 1 fully saturated rings. The highest BCUT2D eigenvalue weighted by Crippen LogP contribution is 2.24. The highest BCUT2D eigenvalue weighted by atomic mass is 16.5. The highest BCUT2D eigenvalue weighted by molar-refractivity contribution is 6.00. The minimum absolute atomic E-state index is 0.0831. The van der Waals surface area contributed by atoms with Crippen molar-refractivity contribution in [3.8, 4) is 11.5 Å². The molecule has 274 valence electrons. The van der Waals surface area contributed by atoms with Crippen LogP contribution in [0.3, 0.4) is 0 Å². The molecule has 0 aliphatic carbocycles. The molecule has 2 aromatic carbocycles. The van der Waals surface area contributed by atoms with Gasteiger partial charge in [-0.05, 0) is 73.8 Å². The summed E-state index contributed by atoms with van der Waals surface area (Å²) in [6.45, 7) is 9.77. The molecule has 4 heterocycles. The second kappa shape index (κ2) is 17.3. The van der Waals surface area contributed by atoms with Crippen molar-refractivity contribution < 1.29 is 28.7 Å². The van der Waals surface area contributed by atoms with Gasteiger partial charge in [0.2, 0.25) is 17.7 Å². The first-order valence-corrected chi connectivity index (χ1v) is 18.0. The van der Waals surface area contributed by atoms with Crippen molar-refractivity contribution in [1.82, 2.24) is 35.4 Å². The van der Waals surface area contributed by atoms with Gasteiger partial charge in [-0.1, -0.05) is 57.2 Å². The second-order valence-electron chi connectivity index (χ2n) is 14.3. The monoisotopic (exact) mass is 701 g/mol. The van der Waals surface area contributed by atoms with E-state index in [-0.39, 0.29) is 41.7 Å². The van der Waals surface area contributed by atoms with Crippen LogP contribution in [0.1, 0.15) is 75.0 Å². The Kier molecular flexibility index (Phi) is 12.7. The fraction of sp³-hybridized carbons (Fsp3) is 0.526. The molecule has 1 aromatic heterocycles. The van der Waals surface area contributed by atoms with Gasteiger partial charge in [0.15, 0.2) is 0 Å². The molecule has 13 heteroatoms. The van der Waals surface area contributed by atoms with Crippen LogP contribution in [0.15, 0.2) is 54.7 Å². The number of likely N-dealkylation sites (N-methyl/N-ethyl adjacent to an activating group) is 1. The van der Waals surface area contributed by atoms with Crippen LogP contribution in [-0.2, 0) is 34.0 Å². The summed E-state index contributed by atoms with van der Waals surface area (Å²) in [7, 11) is 1.75. The lowest BCUT2D eigenvalue weighted by Gasteiger charge is -2.31. The lowest BCUT2D eigenvalue weighted by molar-refractivity contribution is -0.142. The van der Waals surface area contributed by atoms with Crippen molar-refractivity contribution in [2.75, 3.05) is 26.7 Å². The molecular formula is C38H51N7O6. The van der Waals surface area contributed by atoms with E-state index in [4.69, 9.17) is 9.47 Å². The number of nitrogens with one attached hydrogen (secondary N) is 2. The van der Waals surface area contributed by atoms with E-state index in [0.717, 1.165) is 5.56 Å². The van der Waals surface area contributed by atoms with Crippen molar-refractivity contribution >= 4 is 23.6 Å². The number of amides is 4. The van der Waals surface area contributed by atoms with Crippen molar-refractivity contribution in [1.29, 1.82) is 0 Å². The van der Waals surface area contributed by atoms with Gasteiger partial charge < -0.3 is 29.9 Å². The van der Waals surface area contributed by atoms with Gasteiger partial charge >= 0.3 is 0 Å². The Morgan fingerprint density at radius 2 is 1.55 bits per heavy atom. The Morgan fingerprint density at radius 1 is 0.843 bits per heavy atom. The molecule has 13 nitrogen and oxygen atoms in total. The van der Waals surface area contributed by atoms with Gasteiger partial charge in [0.05, 0.1) is 18.3 Å². The molecule has 51 heavy (non-hydrogen) atoms. The number of carbonyl (C=O) groups is 4. The van der Waals surface area contributed by atoms with E-state index in [0.29, 0.717) is 75.5 Å². The van der Waals surface area contributed by atoms with Gasteiger partial charge in [0.25, 0.3) is 5.91 Å². The highest BCUT2D eigenvalue weighted by Gasteiger charge is 2.39. The van der Waals surface area contributed by atoms with Crippen LogP contribution < -0.4 is 20.1 Å². The zero-order valence-corrected chi connectivity index (χ0v) is 30.3. The Morgan fingerprint density at radius 3 is 2.27 bits per heavy atom. The number of hydrogen-bond donors (Lipinski definition) is 2. The summed E-state index contributed by atoms with van der Waals surface area (Å²) in [5.74, 6) is -0.0151. The minimum Gasteiger partial charge on any atom is -0.492 e. The Balaban J connectivity index is 1.41. The SMILES string of the molecule is CC(C)CC1NC(=O)c2ccccc2OCc2cn(nn2)CCOc2ccc(cc2)CCN(C)C(=O)[C@H](CC(C)C)NC(=O)[C@H]2CCCN2C1=O. The van der Waals surface area contributed by atoms with Crippen LogP contribution in [-0.4, -0.2) is 93.3 Å². The number of para-hydroxylation sites is 1. The van der Waals surface area contributed by atoms with Crippen molar-refractivity contribution in [3.63, 3.8) is 0 Å². The molecule has 4 amide bonds. The Hall–Kier alpha value is -4.94. The summed E-state index contributed by atoms with van der Waals surface area (Å²) < 4.78 is 13.6. The first-order valence-electron chi connectivity index (χ1n) is 18.0. The standard InChI is InChI=1S/C38H51N7O6/c1-25(2)21-31-37(48)43(5)18-16-27-12-14-29(15-13-27)50-20-19-44-23-28(41-42-44)24-51-34-11-7-6-9-30(34)35(46)39-32(22-26(3)4)38(49)45-17-8-10-33(45)36(47)40-31/h6-7,9,11-15,23,25-26,31-33H,8,10,16-22,24H2,1-5H3,(H,39,46)(H,40,47)/t31-,32?,33+/m0/s1. The molecule has 3 aromatic rings. The summed E-state index contributed by atoms with van der Waals surface area (Å²) in [4.78, 5) is 58.7. The maximum absolute atomic E-state index is 14.1. The molecule has 3 atom stereocenters. The summed E-state index contributed by atoms with van der Waals surface area (Å²) in [5.41, 5.74) is 1.91. The van der Waals surface area contributed by atoms with Crippen LogP contribution in [0.2, 0.25) is 0 Å². The van der Waals surface area contributed by atoms with Gasteiger partial charge in [0.1, 0.15) is 48.5 Å². The number of benzene rings is 2. The molecule has 6 rings (SSSR count). The van der Waals surface area contributed by atoms with Crippen LogP contribution in [0.5, 0.6) is 11.5 Å². The third-order valence-corrected chi connectivity index (χ3v) is 9.19. The van der Waals surface area contributed by atoms with Gasteiger partial charge in [-0.2, -0.15) is 0 Å². The van der Waals surface area contributed by atoms with E-state index in [9.17, 15) is 19.2 Å². The van der Waals surface area contributed by atoms with E-state index in [1.54, 1.807) is 52.0 Å². The van der Waals surface area contributed by atoms with Crippen LogP contribution >= 0.6 is 0 Å². The van der Waals surface area contributed by atoms with Crippen molar-refractivity contribution in [2.24, 2.45) is 11.8 Å². The molecule has 1 unspecified atom stereocenters. The zero-order chi connectivity index (χ0) is 36.5. The lowest BCUT2D eigenvalue weighted by Crippen LogP contribution is -2.56. The van der Waals surface area contributed by atoms with E-state index in [1.807, 2.05) is 52.0 Å². The third-order valence-electron chi connectivity index (χ3n) is 9.19. The summed E-state index contributed by atoms with van der Waals surface area (Å²) in [6.07, 6.45) is 4.36. The van der Waals surface area contributed by atoms with Gasteiger partial charge in [0, 0.05) is 20.1 Å². The number of ether oxygens (including phenoxy) is 2. The van der Waals surface area contributed by atoms with E-state index in [2.05, 4.69) is 20.9 Å². The van der Waals surface area contributed by atoms with Gasteiger partial charge in [-0.3, -0.25) is 19.2 Å². The van der Waals surface area contributed by atoms with Gasteiger partial charge in [-0.25, -0.2) is 4.68 Å². The quantitative estimate of drug-likeness (QED) is 0.420. The lowest BCUT2D eigenvalue weighted by atomic mass is 10.0. The number of carbonyl (C=O) groups excluding carboxylic acids is 4. The molecule has 0 saturated carbocycles. The molecular weight excluding hydrogens is 650 g/mol. The topological polar surface area (TPSA) is 148 Å². The minimum atomic E-state index is -0.864. The first kappa shape index (κ1) is 37.3. The number of nitrogens with zero attached hydrogens (tertiary/aromatic N) is 5. The number of hydrogen-bond acceptors (Lipinski definition) is 8. The molecule has 0 spiro atoms. The first-order chi connectivity index (χ1) is 24.5. The van der Waals surface area contributed by atoms with E-state index >= 15 is 0 Å². The number of rotatable bonds is 4. The maximum atomic E-state index is 14.1. The van der Waals surface area contributed by atoms with Crippen molar-refractivity contribution in [2.45, 2.75) is 91.1 Å². The van der Waals surface area contributed by atoms with Crippen LogP contribution in [0.4, 0.5) is 0 Å². The second-order valence-corrected chi connectivity index (χ2v) is 14.3. The fourth-order valence-corrected chi connectivity index (χ4v) is 6.52. The predicted molar refractivity (Wildman–Crippen MR) is 191 cm³/mol. The fourth-order valence-electron chi connectivity index (χ4n) is 6.52. The molecule has 2 N–H and O–H groups in total. The largest absolute Gasteiger partial charge is 0.492 e. The molecule has 3 aliphatic rings. The van der Waals surface area contributed by atoms with E-state index in [1.165, 1.54) is 0 Å². The summed E-state index contributed by atoms with van der Waals surface area (Å²) in [6, 6.07) is 12.3. The number of fused-ring (bicyclic) bond motifs is 14. The van der Waals surface area contributed by atoms with E-state index < -0.39 is 24.0 Å². The summed E-state index contributed by atoms with van der Waals surface area (Å²) >= 11 is 0. The molecule has 0 radical (unpaired) electrons. The molecule has 4 bridgehead atoms. The Labute approximate surface area is 300 Å². The van der Waals surface area contributed by atoms with Crippen LogP contribution in [0.25, 0.3) is 0 Å². The average molecular weight is 702 g/mol. The third kappa shape index (κ3) is 10.1. The van der Waals surface area contributed by atoms with Crippen molar-refractivity contribution in [3.05, 3.63) is 71.5 Å².